The molecule has 0 aliphatic heterocycles. The fourth-order valence-corrected chi connectivity index (χ4v) is 1.96. The third-order valence-corrected chi connectivity index (χ3v) is 2.64. The molecule has 19 heavy (non-hydrogen) atoms. The molecule has 1 aromatic heterocycles. The molecule has 3 N–H and O–H groups in total. The molecule has 0 aromatic carbocycles. The highest BCUT2D eigenvalue weighted by Crippen LogP contribution is 2.19. The average Bonchev–Trinajstić information content (AvgIpc) is 2.23. The Balaban J connectivity index is 2.86. The van der Waals surface area contributed by atoms with Crippen molar-refractivity contribution in [1.29, 1.82) is 0 Å². The molecule has 0 spiro atoms. The Labute approximate surface area is 113 Å². The zero-order valence-electron chi connectivity index (χ0n) is 11.9. The van der Waals surface area contributed by atoms with E-state index in [1.807, 2.05) is 19.0 Å². The first-order valence-corrected chi connectivity index (χ1v) is 6.32. The fraction of sp³-hybridized carbons (Fsp3) is 0.615. The van der Waals surface area contributed by atoms with Gasteiger partial charge >= 0.3 is 0 Å². The lowest BCUT2D eigenvalue weighted by Gasteiger charge is -2.24. The van der Waals surface area contributed by atoms with Gasteiger partial charge in [0.15, 0.2) is 23.3 Å². The van der Waals surface area contributed by atoms with Crippen molar-refractivity contribution in [3.63, 3.8) is 0 Å². The molecule has 6 heteroatoms. The van der Waals surface area contributed by atoms with Gasteiger partial charge in [0.05, 0.1) is 0 Å². The van der Waals surface area contributed by atoms with E-state index in [0.717, 1.165) is 19.0 Å². The largest absolute Gasteiger partial charge is 0.381 e. The zero-order chi connectivity index (χ0) is 14.6. The van der Waals surface area contributed by atoms with Crippen LogP contribution in [0.1, 0.15) is 20.3 Å². The molecule has 1 heterocycles. The van der Waals surface area contributed by atoms with E-state index < -0.39 is 11.6 Å². The monoisotopic (exact) mass is 272 g/mol. The molecule has 1 atom stereocenters. The first-order chi connectivity index (χ1) is 8.79. The summed E-state index contributed by atoms with van der Waals surface area (Å²) in [5, 5.41) is 3.00. The summed E-state index contributed by atoms with van der Waals surface area (Å²) in [5.41, 5.74) is 5.36. The zero-order valence-corrected chi connectivity index (χ0v) is 11.9. The van der Waals surface area contributed by atoms with Crippen molar-refractivity contribution in [1.82, 2.24) is 9.88 Å². The lowest BCUT2D eigenvalue weighted by molar-refractivity contribution is 0.355. The average molecular weight is 272 g/mol. The Morgan fingerprint density at radius 2 is 1.95 bits per heavy atom. The predicted molar refractivity (Wildman–Crippen MR) is 74.0 cm³/mol. The standard InChI is InChI=1S/C13H22F2N4/c1-8(2)5-9(7-19(3)4)17-13-11(15)6-10(14)12(16)18-13/h6,8-9H,5,7H2,1-4H3,(H3,16,17,18). The molecule has 0 fully saturated rings. The summed E-state index contributed by atoms with van der Waals surface area (Å²) in [6.07, 6.45) is 0.858. The molecule has 1 rings (SSSR count). The van der Waals surface area contributed by atoms with Crippen LogP contribution in [0.5, 0.6) is 0 Å². The van der Waals surface area contributed by atoms with Crippen LogP contribution in [-0.4, -0.2) is 36.6 Å². The minimum Gasteiger partial charge on any atom is -0.381 e. The highest BCUT2D eigenvalue weighted by Gasteiger charge is 2.16. The SMILES string of the molecule is CC(C)CC(CN(C)C)Nc1nc(N)c(F)cc1F. The number of nitrogens with zero attached hydrogens (tertiary/aromatic N) is 2. The van der Waals surface area contributed by atoms with Gasteiger partial charge in [-0.3, -0.25) is 0 Å². The second-order valence-electron chi connectivity index (χ2n) is 5.42. The van der Waals surface area contributed by atoms with Crippen molar-refractivity contribution >= 4 is 11.6 Å². The summed E-state index contributed by atoms with van der Waals surface area (Å²) in [7, 11) is 3.88. The molecular formula is C13H22F2N4. The van der Waals surface area contributed by atoms with Gasteiger partial charge in [0.25, 0.3) is 0 Å². The lowest BCUT2D eigenvalue weighted by atomic mass is 10.0. The van der Waals surface area contributed by atoms with E-state index in [4.69, 9.17) is 5.73 Å². The van der Waals surface area contributed by atoms with Gasteiger partial charge < -0.3 is 16.0 Å². The number of anilines is 2. The van der Waals surface area contributed by atoms with Crippen LogP contribution in [0.4, 0.5) is 20.4 Å². The summed E-state index contributed by atoms with van der Waals surface area (Å²) in [6, 6.07) is 0.786. The first kappa shape index (κ1) is 15.6. The van der Waals surface area contributed by atoms with Crippen LogP contribution < -0.4 is 11.1 Å². The number of nitrogens with two attached hydrogens (primary N) is 1. The van der Waals surface area contributed by atoms with E-state index in [1.165, 1.54) is 0 Å². The second kappa shape index (κ2) is 6.65. The highest BCUT2D eigenvalue weighted by atomic mass is 19.1. The number of rotatable bonds is 6. The minimum absolute atomic E-state index is 0.00593. The molecule has 0 saturated heterocycles. The summed E-state index contributed by atoms with van der Waals surface area (Å²) < 4.78 is 26.7. The third kappa shape index (κ3) is 4.98. The van der Waals surface area contributed by atoms with Crippen LogP contribution in [0.3, 0.4) is 0 Å². The second-order valence-corrected chi connectivity index (χ2v) is 5.42. The van der Waals surface area contributed by atoms with E-state index in [2.05, 4.69) is 24.1 Å². The van der Waals surface area contributed by atoms with Crippen molar-refractivity contribution in [2.75, 3.05) is 31.7 Å². The molecule has 4 nitrogen and oxygen atoms in total. The van der Waals surface area contributed by atoms with Crippen LogP contribution in [0, 0.1) is 17.6 Å². The molecule has 1 unspecified atom stereocenters. The van der Waals surface area contributed by atoms with E-state index in [0.29, 0.717) is 5.92 Å². The lowest BCUT2D eigenvalue weighted by Crippen LogP contribution is -2.34. The van der Waals surface area contributed by atoms with Crippen LogP contribution in [-0.2, 0) is 0 Å². The number of likely N-dealkylation sites (N-methyl/N-ethyl adjacent to an activating group) is 1. The van der Waals surface area contributed by atoms with Gasteiger partial charge in [-0.2, -0.15) is 0 Å². The van der Waals surface area contributed by atoms with E-state index in [9.17, 15) is 8.78 Å². The number of hydrogen-bond acceptors (Lipinski definition) is 4. The smallest absolute Gasteiger partial charge is 0.168 e. The van der Waals surface area contributed by atoms with Crippen LogP contribution in [0.2, 0.25) is 0 Å². The number of nitrogens with one attached hydrogen (secondary N) is 1. The molecule has 1 aromatic rings. The van der Waals surface area contributed by atoms with Crippen LogP contribution in [0.15, 0.2) is 6.07 Å². The van der Waals surface area contributed by atoms with Gasteiger partial charge in [0.2, 0.25) is 0 Å². The summed E-state index contributed by atoms with van der Waals surface area (Å²) >= 11 is 0. The minimum atomic E-state index is -0.837. The number of nitrogen functional groups attached to an aromatic ring is 1. The maximum atomic E-state index is 13.6. The normalized spacial score (nSPS) is 13.1. The predicted octanol–water partition coefficient (Wildman–Crippen LogP) is 2.33. The topological polar surface area (TPSA) is 54.2 Å². The van der Waals surface area contributed by atoms with Crippen LogP contribution in [0.25, 0.3) is 0 Å². The quantitative estimate of drug-likeness (QED) is 0.834. The molecule has 0 aliphatic rings. The Morgan fingerprint density at radius 3 is 2.47 bits per heavy atom. The molecule has 0 bridgehead atoms. The van der Waals surface area contributed by atoms with Crippen molar-refractivity contribution in [2.45, 2.75) is 26.3 Å². The van der Waals surface area contributed by atoms with Crippen LogP contribution >= 0.6 is 0 Å². The number of aromatic nitrogens is 1. The summed E-state index contributed by atoms with van der Waals surface area (Å²) in [6.45, 7) is 4.91. The van der Waals surface area contributed by atoms with Crippen molar-refractivity contribution in [3.8, 4) is 0 Å². The Kier molecular flexibility index (Phi) is 5.47. The Hall–Kier alpha value is -1.43. The van der Waals surface area contributed by atoms with Gasteiger partial charge in [-0.1, -0.05) is 13.8 Å². The number of halogens is 2. The van der Waals surface area contributed by atoms with E-state index in [-0.39, 0.29) is 17.7 Å². The Bertz CT molecular complexity index is 411. The van der Waals surface area contributed by atoms with Gasteiger partial charge in [-0.05, 0) is 26.4 Å². The maximum Gasteiger partial charge on any atom is 0.168 e. The van der Waals surface area contributed by atoms with Gasteiger partial charge in [0.1, 0.15) is 0 Å². The highest BCUT2D eigenvalue weighted by molar-refractivity contribution is 5.45. The summed E-state index contributed by atoms with van der Waals surface area (Å²) in [5.74, 6) is -1.39. The van der Waals surface area contributed by atoms with Crippen molar-refractivity contribution in [2.24, 2.45) is 5.92 Å². The van der Waals surface area contributed by atoms with Gasteiger partial charge in [-0.15, -0.1) is 0 Å². The molecule has 0 saturated carbocycles. The fourth-order valence-electron chi connectivity index (χ4n) is 1.96. The van der Waals surface area contributed by atoms with Gasteiger partial charge in [-0.25, -0.2) is 13.8 Å². The number of hydrogen-bond donors (Lipinski definition) is 2. The van der Waals surface area contributed by atoms with Gasteiger partial charge in [0, 0.05) is 18.7 Å². The Morgan fingerprint density at radius 1 is 1.32 bits per heavy atom. The molecule has 0 radical (unpaired) electrons. The number of pyridine rings is 1. The third-order valence-electron chi connectivity index (χ3n) is 2.64. The van der Waals surface area contributed by atoms with Crippen molar-refractivity contribution in [3.05, 3.63) is 17.7 Å². The molecule has 0 amide bonds. The summed E-state index contributed by atoms with van der Waals surface area (Å²) in [4.78, 5) is 5.73. The molecule has 0 aliphatic carbocycles. The molecule has 108 valence electrons. The maximum absolute atomic E-state index is 13.6. The van der Waals surface area contributed by atoms with E-state index in [1.54, 1.807) is 0 Å². The van der Waals surface area contributed by atoms with E-state index >= 15 is 0 Å². The first-order valence-electron chi connectivity index (χ1n) is 6.32. The van der Waals surface area contributed by atoms with Crippen molar-refractivity contribution < 1.29 is 8.78 Å². The molecular weight excluding hydrogens is 250 g/mol.